The summed E-state index contributed by atoms with van der Waals surface area (Å²) < 4.78 is 41.4. The number of carbonyl (C=O) groups is 1. The molecule has 0 spiro atoms. The molecule has 2 rings (SSSR count). The highest BCUT2D eigenvalue weighted by atomic mass is 19.4. The normalized spacial score (nSPS) is 11.8. The minimum Gasteiger partial charge on any atom is -0.367 e. The Bertz CT molecular complexity index is 855. The van der Waals surface area contributed by atoms with Gasteiger partial charge in [0.2, 0.25) is 5.91 Å². The average molecular weight is 436 g/mol. The predicted octanol–water partition coefficient (Wildman–Crippen LogP) is 3.09. The average Bonchev–Trinajstić information content (AvgIpc) is 2.73. The summed E-state index contributed by atoms with van der Waals surface area (Å²) in [6.07, 6.45) is -4.35. The van der Waals surface area contributed by atoms with Gasteiger partial charge >= 0.3 is 6.18 Å². The van der Waals surface area contributed by atoms with Crippen LogP contribution in [0.15, 0.2) is 59.6 Å². The van der Waals surface area contributed by atoms with Crippen LogP contribution in [0.25, 0.3) is 0 Å². The molecule has 168 valence electrons. The number of amides is 1. The molecule has 2 N–H and O–H groups in total. The molecule has 0 atom stereocenters. The van der Waals surface area contributed by atoms with E-state index in [4.69, 9.17) is 4.74 Å². The second kappa shape index (κ2) is 11.9. The van der Waals surface area contributed by atoms with E-state index in [0.717, 1.165) is 11.1 Å². The van der Waals surface area contributed by atoms with E-state index < -0.39 is 12.8 Å². The van der Waals surface area contributed by atoms with Gasteiger partial charge in [-0.3, -0.25) is 4.79 Å². The summed E-state index contributed by atoms with van der Waals surface area (Å²) >= 11 is 0. The Morgan fingerprint density at radius 1 is 1.00 bits per heavy atom. The molecule has 0 aromatic heterocycles. The van der Waals surface area contributed by atoms with Crippen LogP contribution in [0.2, 0.25) is 0 Å². The molecule has 0 saturated carbocycles. The first-order chi connectivity index (χ1) is 14.7. The van der Waals surface area contributed by atoms with Crippen molar-refractivity contribution in [2.45, 2.75) is 25.9 Å². The Morgan fingerprint density at radius 3 is 2.35 bits per heavy atom. The Labute approximate surface area is 180 Å². The van der Waals surface area contributed by atoms with Crippen LogP contribution in [-0.4, -0.2) is 50.2 Å². The predicted molar refractivity (Wildman–Crippen MR) is 113 cm³/mol. The number of halogens is 3. The fraction of sp³-hybridized carbons (Fsp3) is 0.364. The van der Waals surface area contributed by atoms with Gasteiger partial charge < -0.3 is 20.3 Å². The molecule has 0 aliphatic rings. The van der Waals surface area contributed by atoms with Crippen molar-refractivity contribution in [1.29, 1.82) is 0 Å². The van der Waals surface area contributed by atoms with Crippen molar-refractivity contribution in [1.82, 2.24) is 15.5 Å². The van der Waals surface area contributed by atoms with Gasteiger partial charge in [-0.1, -0.05) is 54.6 Å². The summed E-state index contributed by atoms with van der Waals surface area (Å²) in [6, 6.07) is 16.8. The van der Waals surface area contributed by atoms with Crippen LogP contribution in [0.3, 0.4) is 0 Å². The maximum absolute atomic E-state index is 12.2. The van der Waals surface area contributed by atoms with E-state index in [0.29, 0.717) is 18.1 Å². The lowest BCUT2D eigenvalue weighted by molar-refractivity contribution is -0.176. The topological polar surface area (TPSA) is 66.0 Å². The molecular weight excluding hydrogens is 409 g/mol. The van der Waals surface area contributed by atoms with Crippen molar-refractivity contribution < 1.29 is 22.7 Å². The lowest BCUT2D eigenvalue weighted by Crippen LogP contribution is -2.42. The minimum absolute atomic E-state index is 0.0823. The molecule has 31 heavy (non-hydrogen) atoms. The lowest BCUT2D eigenvalue weighted by atomic mass is 10.1. The van der Waals surface area contributed by atoms with Crippen LogP contribution in [0, 0.1) is 0 Å². The van der Waals surface area contributed by atoms with Gasteiger partial charge in [0, 0.05) is 20.6 Å². The summed E-state index contributed by atoms with van der Waals surface area (Å²) in [7, 11) is 3.34. The number of ether oxygens (including phenoxy) is 1. The standard InChI is InChI=1S/C22H27F3N4O2/c1-29(2)20(30)14-28-21(26-12-17-7-4-3-5-8-17)27-13-18-9-6-10-19(11-18)15-31-16-22(23,24)25/h3-11H,12-16H2,1-2H3,(H2,26,27,28). The molecule has 0 bridgehead atoms. The van der Waals surface area contributed by atoms with E-state index in [1.54, 1.807) is 32.3 Å². The van der Waals surface area contributed by atoms with Crippen molar-refractivity contribution in [3.05, 3.63) is 71.3 Å². The number of nitrogens with one attached hydrogen (secondary N) is 2. The Morgan fingerprint density at radius 2 is 1.68 bits per heavy atom. The SMILES string of the molecule is CN(C)C(=O)CNC(=NCc1cccc(COCC(F)(F)F)c1)NCc1ccccc1. The molecule has 0 heterocycles. The number of hydrogen-bond donors (Lipinski definition) is 2. The van der Waals surface area contributed by atoms with E-state index in [1.807, 2.05) is 36.4 Å². The number of alkyl halides is 3. The number of carbonyl (C=O) groups excluding carboxylic acids is 1. The molecule has 0 fully saturated rings. The minimum atomic E-state index is -4.35. The Kier molecular flexibility index (Phi) is 9.33. The molecule has 9 heteroatoms. The molecule has 0 radical (unpaired) electrons. The number of nitrogens with zero attached hydrogens (tertiary/aromatic N) is 2. The third-order valence-corrected chi connectivity index (χ3v) is 4.15. The zero-order valence-electron chi connectivity index (χ0n) is 17.6. The van der Waals surface area contributed by atoms with Crippen molar-refractivity contribution in [3.8, 4) is 0 Å². The number of benzene rings is 2. The number of aliphatic imine (C=N–C) groups is 1. The van der Waals surface area contributed by atoms with E-state index in [9.17, 15) is 18.0 Å². The van der Waals surface area contributed by atoms with Crippen molar-refractivity contribution >= 4 is 11.9 Å². The van der Waals surface area contributed by atoms with Gasteiger partial charge in [-0.05, 0) is 16.7 Å². The summed E-state index contributed by atoms with van der Waals surface area (Å²) in [5.41, 5.74) is 2.50. The summed E-state index contributed by atoms with van der Waals surface area (Å²) in [6.45, 7) is -0.529. The number of guanidine groups is 1. The number of rotatable bonds is 9. The van der Waals surface area contributed by atoms with Crippen LogP contribution in [-0.2, 0) is 29.2 Å². The maximum atomic E-state index is 12.2. The van der Waals surface area contributed by atoms with Crippen molar-refractivity contribution in [3.63, 3.8) is 0 Å². The molecule has 0 saturated heterocycles. The van der Waals surface area contributed by atoms with Crippen LogP contribution in [0.1, 0.15) is 16.7 Å². The number of likely N-dealkylation sites (N-methyl/N-ethyl adjacent to an activating group) is 1. The fourth-order valence-corrected chi connectivity index (χ4v) is 2.55. The molecule has 0 aliphatic heterocycles. The smallest absolute Gasteiger partial charge is 0.367 e. The van der Waals surface area contributed by atoms with Gasteiger partial charge in [-0.15, -0.1) is 0 Å². The van der Waals surface area contributed by atoms with Gasteiger partial charge in [0.15, 0.2) is 5.96 Å². The van der Waals surface area contributed by atoms with Crippen LogP contribution in [0.4, 0.5) is 13.2 Å². The molecule has 6 nitrogen and oxygen atoms in total. The van der Waals surface area contributed by atoms with Gasteiger partial charge in [-0.2, -0.15) is 13.2 Å². The quantitative estimate of drug-likeness (QED) is 0.468. The first kappa shape index (κ1) is 24.2. The first-order valence-corrected chi connectivity index (χ1v) is 9.71. The van der Waals surface area contributed by atoms with Crippen molar-refractivity contribution in [2.24, 2.45) is 4.99 Å². The lowest BCUT2D eigenvalue weighted by Gasteiger charge is -2.15. The van der Waals surface area contributed by atoms with Crippen LogP contribution in [0.5, 0.6) is 0 Å². The Balaban J connectivity index is 2.00. The van der Waals surface area contributed by atoms with Gasteiger partial charge in [-0.25, -0.2) is 4.99 Å². The fourth-order valence-electron chi connectivity index (χ4n) is 2.55. The molecular formula is C22H27F3N4O2. The first-order valence-electron chi connectivity index (χ1n) is 9.71. The molecule has 0 unspecified atom stereocenters. The Hall–Kier alpha value is -3.07. The summed E-state index contributed by atoms with van der Waals surface area (Å²) in [4.78, 5) is 17.9. The molecule has 2 aromatic carbocycles. The number of hydrogen-bond acceptors (Lipinski definition) is 3. The van der Waals surface area contributed by atoms with Gasteiger partial charge in [0.25, 0.3) is 0 Å². The third kappa shape index (κ3) is 9.99. The highest BCUT2D eigenvalue weighted by Crippen LogP contribution is 2.16. The summed E-state index contributed by atoms with van der Waals surface area (Å²) in [5, 5.41) is 6.19. The summed E-state index contributed by atoms with van der Waals surface area (Å²) in [5.74, 6) is 0.357. The largest absolute Gasteiger partial charge is 0.411 e. The van der Waals surface area contributed by atoms with E-state index in [-0.39, 0.29) is 25.6 Å². The highest BCUT2D eigenvalue weighted by molar-refractivity contribution is 5.86. The van der Waals surface area contributed by atoms with Crippen molar-refractivity contribution in [2.75, 3.05) is 27.2 Å². The zero-order valence-corrected chi connectivity index (χ0v) is 17.6. The maximum Gasteiger partial charge on any atom is 0.411 e. The van der Waals surface area contributed by atoms with E-state index in [1.165, 1.54) is 4.90 Å². The second-order valence-corrected chi connectivity index (χ2v) is 7.07. The zero-order chi connectivity index (χ0) is 22.7. The van der Waals surface area contributed by atoms with Crippen LogP contribution >= 0.6 is 0 Å². The molecule has 2 aromatic rings. The van der Waals surface area contributed by atoms with E-state index in [2.05, 4.69) is 15.6 Å². The van der Waals surface area contributed by atoms with Crippen LogP contribution < -0.4 is 10.6 Å². The van der Waals surface area contributed by atoms with Gasteiger partial charge in [0.1, 0.15) is 6.61 Å². The van der Waals surface area contributed by atoms with E-state index >= 15 is 0 Å². The highest BCUT2D eigenvalue weighted by Gasteiger charge is 2.27. The second-order valence-electron chi connectivity index (χ2n) is 7.07. The third-order valence-electron chi connectivity index (χ3n) is 4.15. The molecule has 1 amide bonds. The van der Waals surface area contributed by atoms with Gasteiger partial charge in [0.05, 0.1) is 19.7 Å². The molecule has 0 aliphatic carbocycles. The monoisotopic (exact) mass is 436 g/mol.